The normalized spacial score (nSPS) is 19.0. The molecule has 0 saturated heterocycles. The first-order valence-electron chi connectivity index (χ1n) is 8.40. The smallest absolute Gasteiger partial charge is 0.313 e. The fourth-order valence-electron chi connectivity index (χ4n) is 3.08. The van der Waals surface area contributed by atoms with E-state index in [1.165, 1.54) is 5.56 Å². The van der Waals surface area contributed by atoms with Gasteiger partial charge in [-0.05, 0) is 43.0 Å². The lowest BCUT2D eigenvalue weighted by molar-refractivity contribution is -0.136. The van der Waals surface area contributed by atoms with Crippen molar-refractivity contribution in [1.29, 1.82) is 0 Å². The molecule has 0 heterocycles. The highest BCUT2D eigenvalue weighted by molar-refractivity contribution is 6.39. The zero-order valence-corrected chi connectivity index (χ0v) is 14.2. The fourth-order valence-corrected chi connectivity index (χ4v) is 3.08. The van der Waals surface area contributed by atoms with E-state index in [9.17, 15) is 14.7 Å². The third-order valence-electron chi connectivity index (χ3n) is 4.59. The molecule has 5 heteroatoms. The summed E-state index contributed by atoms with van der Waals surface area (Å²) >= 11 is 0. The van der Waals surface area contributed by atoms with E-state index in [2.05, 4.69) is 16.7 Å². The van der Waals surface area contributed by atoms with E-state index in [4.69, 9.17) is 0 Å². The lowest BCUT2D eigenvalue weighted by Gasteiger charge is -2.33. The van der Waals surface area contributed by atoms with Crippen molar-refractivity contribution in [3.63, 3.8) is 0 Å². The van der Waals surface area contributed by atoms with Gasteiger partial charge in [-0.25, -0.2) is 0 Å². The zero-order chi connectivity index (χ0) is 17.9. The van der Waals surface area contributed by atoms with E-state index in [1.807, 2.05) is 37.3 Å². The van der Waals surface area contributed by atoms with Gasteiger partial charge in [0.1, 0.15) is 0 Å². The van der Waals surface area contributed by atoms with Gasteiger partial charge in [0.05, 0.1) is 5.60 Å². The van der Waals surface area contributed by atoms with Crippen LogP contribution in [0.1, 0.15) is 23.1 Å². The number of carbonyl (C=O) groups is 2. The van der Waals surface area contributed by atoms with Crippen molar-refractivity contribution in [2.45, 2.75) is 31.8 Å². The Morgan fingerprint density at radius 1 is 1.04 bits per heavy atom. The zero-order valence-electron chi connectivity index (χ0n) is 14.2. The second-order valence-corrected chi connectivity index (χ2v) is 6.67. The van der Waals surface area contributed by atoms with Crippen LogP contribution in [0.15, 0.2) is 48.5 Å². The maximum absolute atomic E-state index is 12.0. The molecule has 0 saturated carbocycles. The molecule has 0 bridgehead atoms. The third kappa shape index (κ3) is 4.25. The number of amides is 2. The number of anilines is 1. The molecule has 2 aromatic rings. The molecule has 0 spiro atoms. The number of nitrogens with one attached hydrogen (secondary N) is 2. The summed E-state index contributed by atoms with van der Waals surface area (Å²) in [5.74, 6) is -1.48. The molecule has 25 heavy (non-hydrogen) atoms. The maximum atomic E-state index is 12.0. The van der Waals surface area contributed by atoms with Crippen molar-refractivity contribution in [3.8, 4) is 0 Å². The highest BCUT2D eigenvalue weighted by Gasteiger charge is 2.32. The number of benzene rings is 2. The monoisotopic (exact) mass is 338 g/mol. The number of carbonyl (C=O) groups excluding carboxylic acids is 2. The first kappa shape index (κ1) is 17.2. The second kappa shape index (κ2) is 7.07. The van der Waals surface area contributed by atoms with Gasteiger partial charge in [-0.2, -0.15) is 0 Å². The van der Waals surface area contributed by atoms with Crippen LogP contribution in [-0.4, -0.2) is 29.1 Å². The average Bonchev–Trinajstić information content (AvgIpc) is 2.61. The Morgan fingerprint density at radius 3 is 2.44 bits per heavy atom. The van der Waals surface area contributed by atoms with Crippen LogP contribution in [0, 0.1) is 6.92 Å². The highest BCUT2D eigenvalue weighted by atomic mass is 16.3. The molecule has 3 rings (SSSR count). The van der Waals surface area contributed by atoms with E-state index in [-0.39, 0.29) is 6.54 Å². The Balaban J connectivity index is 1.55. The molecular formula is C20H22N2O3. The molecule has 2 amide bonds. The molecule has 1 unspecified atom stereocenters. The molecule has 1 atom stereocenters. The summed E-state index contributed by atoms with van der Waals surface area (Å²) in [6.45, 7) is 2.00. The number of rotatable bonds is 3. The molecule has 0 aliphatic heterocycles. The van der Waals surface area contributed by atoms with Crippen LogP contribution in [0.2, 0.25) is 0 Å². The summed E-state index contributed by atoms with van der Waals surface area (Å²) in [6.07, 6.45) is 1.80. The highest BCUT2D eigenvalue weighted by Crippen LogP contribution is 2.28. The summed E-state index contributed by atoms with van der Waals surface area (Å²) in [5, 5.41) is 15.8. The molecule has 0 aromatic heterocycles. The minimum Gasteiger partial charge on any atom is -0.388 e. The van der Waals surface area contributed by atoms with Gasteiger partial charge in [0, 0.05) is 18.7 Å². The fraction of sp³-hybridized carbons (Fsp3) is 0.300. The Hall–Kier alpha value is -2.66. The molecule has 5 nitrogen and oxygen atoms in total. The number of aliphatic hydroxyl groups is 1. The van der Waals surface area contributed by atoms with Crippen LogP contribution in [0.4, 0.5) is 5.69 Å². The van der Waals surface area contributed by atoms with Crippen molar-refractivity contribution in [3.05, 3.63) is 65.2 Å². The standard InChI is InChI=1S/C20H22N2O3/c1-14-6-8-17(9-7-14)22-19(24)18(23)21-13-20(25)11-10-15-4-2-3-5-16(15)12-20/h2-9,25H,10-13H2,1H3,(H,21,23)(H,22,24). The predicted molar refractivity (Wildman–Crippen MR) is 96.2 cm³/mol. The number of fused-ring (bicyclic) bond motifs is 1. The Bertz CT molecular complexity index is 786. The van der Waals surface area contributed by atoms with Gasteiger partial charge in [0.15, 0.2) is 0 Å². The lowest BCUT2D eigenvalue weighted by Crippen LogP contribution is -2.49. The SMILES string of the molecule is Cc1ccc(NC(=O)C(=O)NCC2(O)CCc3ccccc3C2)cc1. The molecule has 2 aromatic carbocycles. The molecule has 1 aliphatic rings. The molecular weight excluding hydrogens is 316 g/mol. The largest absolute Gasteiger partial charge is 0.388 e. The summed E-state index contributed by atoms with van der Waals surface area (Å²) in [6, 6.07) is 15.2. The van der Waals surface area contributed by atoms with Crippen LogP contribution < -0.4 is 10.6 Å². The molecule has 0 radical (unpaired) electrons. The van der Waals surface area contributed by atoms with Gasteiger partial charge in [0.2, 0.25) is 0 Å². The van der Waals surface area contributed by atoms with Crippen LogP contribution in [0.3, 0.4) is 0 Å². The minimum absolute atomic E-state index is 0.0570. The van der Waals surface area contributed by atoms with Gasteiger partial charge < -0.3 is 15.7 Å². The quantitative estimate of drug-likeness (QED) is 0.749. The van der Waals surface area contributed by atoms with Gasteiger partial charge in [-0.15, -0.1) is 0 Å². The second-order valence-electron chi connectivity index (χ2n) is 6.67. The third-order valence-corrected chi connectivity index (χ3v) is 4.59. The van der Waals surface area contributed by atoms with E-state index >= 15 is 0 Å². The van der Waals surface area contributed by atoms with Crippen LogP contribution in [0.25, 0.3) is 0 Å². The van der Waals surface area contributed by atoms with Gasteiger partial charge in [-0.3, -0.25) is 9.59 Å². The summed E-state index contributed by atoms with van der Waals surface area (Å²) in [5.41, 5.74) is 2.94. The van der Waals surface area contributed by atoms with E-state index in [0.29, 0.717) is 18.5 Å². The number of hydrogen-bond acceptors (Lipinski definition) is 3. The van der Waals surface area contributed by atoms with Crippen molar-refractivity contribution in [1.82, 2.24) is 5.32 Å². The first-order chi connectivity index (χ1) is 12.0. The van der Waals surface area contributed by atoms with Crippen LogP contribution >= 0.6 is 0 Å². The Morgan fingerprint density at radius 2 is 1.72 bits per heavy atom. The summed E-state index contributed by atoms with van der Waals surface area (Å²) in [4.78, 5) is 24.0. The van der Waals surface area contributed by atoms with Crippen molar-refractivity contribution in [2.24, 2.45) is 0 Å². The minimum atomic E-state index is -1.02. The van der Waals surface area contributed by atoms with E-state index < -0.39 is 17.4 Å². The van der Waals surface area contributed by atoms with Crippen molar-refractivity contribution >= 4 is 17.5 Å². The van der Waals surface area contributed by atoms with Gasteiger partial charge in [0.25, 0.3) is 0 Å². The predicted octanol–water partition coefficient (Wildman–Crippen LogP) is 1.97. The van der Waals surface area contributed by atoms with Crippen LogP contribution in [-0.2, 0) is 22.4 Å². The van der Waals surface area contributed by atoms with Crippen LogP contribution in [0.5, 0.6) is 0 Å². The van der Waals surface area contributed by atoms with E-state index in [1.54, 1.807) is 12.1 Å². The van der Waals surface area contributed by atoms with Crippen molar-refractivity contribution < 1.29 is 14.7 Å². The van der Waals surface area contributed by atoms with Crippen molar-refractivity contribution in [2.75, 3.05) is 11.9 Å². The lowest BCUT2D eigenvalue weighted by atomic mass is 9.80. The number of aryl methyl sites for hydroxylation is 2. The maximum Gasteiger partial charge on any atom is 0.313 e. The van der Waals surface area contributed by atoms with Gasteiger partial charge in [-0.1, -0.05) is 42.0 Å². The van der Waals surface area contributed by atoms with E-state index in [0.717, 1.165) is 17.5 Å². The Kier molecular flexibility index (Phi) is 4.86. The summed E-state index contributed by atoms with van der Waals surface area (Å²) < 4.78 is 0. The molecule has 1 aliphatic carbocycles. The average molecular weight is 338 g/mol. The molecule has 0 fully saturated rings. The first-order valence-corrected chi connectivity index (χ1v) is 8.40. The topological polar surface area (TPSA) is 78.4 Å². The molecule has 130 valence electrons. The van der Waals surface area contributed by atoms with Gasteiger partial charge >= 0.3 is 11.8 Å². The summed E-state index contributed by atoms with van der Waals surface area (Å²) in [7, 11) is 0. The molecule has 3 N–H and O–H groups in total. The number of hydrogen-bond donors (Lipinski definition) is 3. The Labute approximate surface area is 147 Å².